The number of nitrogens with zero attached hydrogens (tertiary/aromatic N) is 2. The van der Waals surface area contributed by atoms with Gasteiger partial charge in [0, 0.05) is 24.2 Å². The fraction of sp³-hybridized carbons (Fsp3) is 0.261. The van der Waals surface area contributed by atoms with Crippen LogP contribution in [0.1, 0.15) is 25.7 Å². The molecule has 0 saturated carbocycles. The number of allylic oxidation sites excluding steroid dienone is 1. The first-order chi connectivity index (χ1) is 14.2. The first-order valence-electron chi connectivity index (χ1n) is 9.83. The van der Waals surface area contributed by atoms with Crippen molar-refractivity contribution in [3.05, 3.63) is 61.2 Å². The number of carbonyl (C=O) groups is 2. The highest BCUT2D eigenvalue weighted by molar-refractivity contribution is 5.97. The predicted molar refractivity (Wildman–Crippen MR) is 112 cm³/mol. The smallest absolute Gasteiger partial charge is 0.247 e. The second-order valence-corrected chi connectivity index (χ2v) is 7.13. The summed E-state index contributed by atoms with van der Waals surface area (Å²) in [5, 5.41) is 2.93. The Morgan fingerprint density at radius 3 is 2.76 bits per heavy atom. The normalized spacial score (nSPS) is 16.1. The first kappa shape index (κ1) is 18.9. The van der Waals surface area contributed by atoms with Crippen LogP contribution in [0.15, 0.2) is 65.6 Å². The van der Waals surface area contributed by atoms with E-state index < -0.39 is 6.04 Å². The number of benzene rings is 2. The van der Waals surface area contributed by atoms with Crippen LogP contribution in [0.3, 0.4) is 0 Å². The molecule has 29 heavy (non-hydrogen) atoms. The van der Waals surface area contributed by atoms with Crippen LogP contribution in [0.2, 0.25) is 0 Å². The third-order valence-corrected chi connectivity index (χ3v) is 5.13. The number of nitrogens with one attached hydrogen (secondary N) is 1. The largest absolute Gasteiger partial charge is 0.436 e. The molecule has 1 fully saturated rings. The minimum Gasteiger partial charge on any atom is -0.436 e. The van der Waals surface area contributed by atoms with Gasteiger partial charge in [-0.2, -0.15) is 0 Å². The molecule has 3 aromatic rings. The lowest BCUT2D eigenvalue weighted by Gasteiger charge is -2.24. The van der Waals surface area contributed by atoms with Crippen LogP contribution in [0, 0.1) is 0 Å². The van der Waals surface area contributed by atoms with Crippen molar-refractivity contribution in [2.75, 3.05) is 11.9 Å². The SMILES string of the molecule is C=CCCC(=O)N1CCC[C@H]1C(=O)Nc1ccc(-c2nc3ccccc3o2)cc1. The van der Waals surface area contributed by atoms with E-state index in [0.717, 1.165) is 23.1 Å². The van der Waals surface area contributed by atoms with Crippen LogP contribution < -0.4 is 5.32 Å². The number of carbonyl (C=O) groups excluding carboxylic acids is 2. The Morgan fingerprint density at radius 2 is 2.00 bits per heavy atom. The number of rotatable bonds is 6. The van der Waals surface area contributed by atoms with Gasteiger partial charge in [-0.3, -0.25) is 9.59 Å². The summed E-state index contributed by atoms with van der Waals surface area (Å²) in [6, 6.07) is 14.6. The molecule has 2 aromatic carbocycles. The van der Waals surface area contributed by atoms with Crippen molar-refractivity contribution in [1.82, 2.24) is 9.88 Å². The molecule has 1 aromatic heterocycles. The summed E-state index contributed by atoms with van der Waals surface area (Å²) in [5.41, 5.74) is 3.06. The van der Waals surface area contributed by atoms with E-state index >= 15 is 0 Å². The number of aromatic nitrogens is 1. The number of anilines is 1. The minimum atomic E-state index is -0.413. The van der Waals surface area contributed by atoms with Gasteiger partial charge >= 0.3 is 0 Å². The topological polar surface area (TPSA) is 75.4 Å². The fourth-order valence-electron chi connectivity index (χ4n) is 3.62. The second kappa shape index (κ2) is 8.31. The van der Waals surface area contributed by atoms with Crippen LogP contribution in [0.25, 0.3) is 22.6 Å². The standard InChI is InChI=1S/C23H23N3O3/c1-2-3-10-21(27)26-15-6-8-19(26)22(28)24-17-13-11-16(12-14-17)23-25-18-7-4-5-9-20(18)29-23/h2,4-5,7,9,11-14,19H,1,3,6,8,10,15H2,(H,24,28)/t19-/m0/s1. The molecule has 1 aliphatic heterocycles. The van der Waals surface area contributed by atoms with Crippen molar-refractivity contribution in [2.24, 2.45) is 0 Å². The van der Waals surface area contributed by atoms with Crippen molar-refractivity contribution in [3.63, 3.8) is 0 Å². The van der Waals surface area contributed by atoms with Gasteiger partial charge in [0.2, 0.25) is 17.7 Å². The molecule has 0 unspecified atom stereocenters. The lowest BCUT2D eigenvalue weighted by atomic mass is 10.1. The molecule has 1 saturated heterocycles. The summed E-state index contributed by atoms with van der Waals surface area (Å²) in [6.07, 6.45) is 4.27. The zero-order valence-corrected chi connectivity index (χ0v) is 16.1. The van der Waals surface area contributed by atoms with Crippen molar-refractivity contribution in [3.8, 4) is 11.5 Å². The molecule has 2 amide bonds. The summed E-state index contributed by atoms with van der Waals surface area (Å²) in [6.45, 7) is 4.28. The average Bonchev–Trinajstić information content (AvgIpc) is 3.39. The molecule has 1 aliphatic rings. The molecule has 2 heterocycles. The Labute approximate surface area is 169 Å². The van der Waals surface area contributed by atoms with E-state index in [2.05, 4.69) is 16.9 Å². The van der Waals surface area contributed by atoms with Gasteiger partial charge < -0.3 is 14.6 Å². The molecule has 1 atom stereocenters. The van der Waals surface area contributed by atoms with Crippen LogP contribution in [-0.4, -0.2) is 34.3 Å². The molecule has 4 rings (SSSR count). The lowest BCUT2D eigenvalue weighted by Crippen LogP contribution is -2.43. The maximum absolute atomic E-state index is 12.7. The van der Waals surface area contributed by atoms with Gasteiger partial charge in [-0.1, -0.05) is 18.2 Å². The molecule has 0 bridgehead atoms. The summed E-state index contributed by atoms with van der Waals surface area (Å²) >= 11 is 0. The highest BCUT2D eigenvalue weighted by atomic mass is 16.3. The highest BCUT2D eigenvalue weighted by Gasteiger charge is 2.33. The lowest BCUT2D eigenvalue weighted by molar-refractivity contribution is -0.136. The zero-order chi connectivity index (χ0) is 20.2. The third-order valence-electron chi connectivity index (χ3n) is 5.13. The average molecular weight is 389 g/mol. The molecule has 0 radical (unpaired) electrons. The van der Waals surface area contributed by atoms with Gasteiger partial charge in [0.05, 0.1) is 0 Å². The maximum atomic E-state index is 12.7. The maximum Gasteiger partial charge on any atom is 0.247 e. The van der Waals surface area contributed by atoms with E-state index in [-0.39, 0.29) is 11.8 Å². The van der Waals surface area contributed by atoms with Gasteiger partial charge in [-0.15, -0.1) is 6.58 Å². The summed E-state index contributed by atoms with van der Waals surface area (Å²) in [5.74, 6) is 0.400. The number of oxazole rings is 1. The molecular weight excluding hydrogens is 366 g/mol. The third kappa shape index (κ3) is 4.06. The number of likely N-dealkylation sites (tertiary alicyclic amines) is 1. The molecular formula is C23H23N3O3. The van der Waals surface area contributed by atoms with Crippen molar-refractivity contribution >= 4 is 28.6 Å². The summed E-state index contributed by atoms with van der Waals surface area (Å²) in [4.78, 5) is 31.2. The van der Waals surface area contributed by atoms with Crippen LogP contribution >= 0.6 is 0 Å². The van der Waals surface area contributed by atoms with E-state index in [1.54, 1.807) is 11.0 Å². The predicted octanol–water partition coefficient (Wildman–Crippen LogP) is 4.39. The van der Waals surface area contributed by atoms with E-state index in [9.17, 15) is 9.59 Å². The molecule has 148 valence electrons. The first-order valence-corrected chi connectivity index (χ1v) is 9.83. The van der Waals surface area contributed by atoms with Crippen molar-refractivity contribution in [1.29, 1.82) is 0 Å². The molecule has 0 aliphatic carbocycles. The van der Waals surface area contributed by atoms with Gasteiger partial charge in [-0.05, 0) is 55.7 Å². The van der Waals surface area contributed by atoms with E-state index in [4.69, 9.17) is 4.42 Å². The Bertz CT molecular complexity index is 1010. The van der Waals surface area contributed by atoms with Gasteiger partial charge in [0.25, 0.3) is 0 Å². The number of hydrogen-bond acceptors (Lipinski definition) is 4. The Balaban J connectivity index is 1.43. The summed E-state index contributed by atoms with van der Waals surface area (Å²) < 4.78 is 5.78. The number of hydrogen-bond donors (Lipinski definition) is 1. The Kier molecular flexibility index (Phi) is 5.42. The quantitative estimate of drug-likeness (QED) is 0.635. The van der Waals surface area contributed by atoms with E-state index in [0.29, 0.717) is 37.4 Å². The monoisotopic (exact) mass is 389 g/mol. The number of fused-ring (bicyclic) bond motifs is 1. The van der Waals surface area contributed by atoms with Crippen LogP contribution in [0.5, 0.6) is 0 Å². The molecule has 6 heteroatoms. The molecule has 1 N–H and O–H groups in total. The van der Waals surface area contributed by atoms with Gasteiger partial charge in [-0.25, -0.2) is 4.98 Å². The fourth-order valence-corrected chi connectivity index (χ4v) is 3.62. The Hall–Kier alpha value is -3.41. The van der Waals surface area contributed by atoms with E-state index in [1.165, 1.54) is 0 Å². The van der Waals surface area contributed by atoms with Crippen molar-refractivity contribution in [2.45, 2.75) is 31.7 Å². The molecule has 6 nitrogen and oxygen atoms in total. The zero-order valence-electron chi connectivity index (χ0n) is 16.1. The number of amides is 2. The van der Waals surface area contributed by atoms with Crippen LogP contribution in [-0.2, 0) is 9.59 Å². The second-order valence-electron chi connectivity index (χ2n) is 7.13. The van der Waals surface area contributed by atoms with Gasteiger partial charge in [0.15, 0.2) is 5.58 Å². The van der Waals surface area contributed by atoms with E-state index in [1.807, 2.05) is 48.5 Å². The minimum absolute atomic E-state index is 0.00820. The number of para-hydroxylation sites is 2. The Morgan fingerprint density at radius 1 is 1.21 bits per heavy atom. The van der Waals surface area contributed by atoms with Crippen LogP contribution in [0.4, 0.5) is 5.69 Å². The molecule has 0 spiro atoms. The van der Waals surface area contributed by atoms with Gasteiger partial charge in [0.1, 0.15) is 11.6 Å². The summed E-state index contributed by atoms with van der Waals surface area (Å²) in [7, 11) is 0. The highest BCUT2D eigenvalue weighted by Crippen LogP contribution is 2.26. The van der Waals surface area contributed by atoms with Crippen molar-refractivity contribution < 1.29 is 14.0 Å².